The molecule has 9 nitrogen and oxygen atoms in total. The number of Topliss-reactive ketones (excluding diaryl/α,β-unsaturated/α-hetero) is 1. The lowest BCUT2D eigenvalue weighted by atomic mass is 9.87. The standard InChI is InChI=1S/C27H23F3N6O3/c1-15-23(16(2)37)24(35(3)26(39)36(15)20-6-4-5-19(10-20)27(28,29)30)21-8-7-17(11-31)9-22(21)25(38)32-12-18-13-33-34-14-18/h4-10,13-14,24H,12H2,1-3H3,(H,32,38)(H,33,34). The number of hydrogen-bond acceptors (Lipinski definition) is 5. The molecule has 2 N–H and O–H groups in total. The number of nitrogens with one attached hydrogen (secondary N) is 2. The van der Waals surface area contributed by atoms with Crippen LogP contribution in [0.1, 0.15) is 52.5 Å². The van der Waals surface area contributed by atoms with Crippen molar-refractivity contribution in [3.63, 3.8) is 0 Å². The van der Waals surface area contributed by atoms with Gasteiger partial charge in [0.1, 0.15) is 0 Å². The number of benzene rings is 2. The maximum Gasteiger partial charge on any atom is 0.416 e. The number of aromatic amines is 1. The molecule has 200 valence electrons. The highest BCUT2D eigenvalue weighted by Crippen LogP contribution is 2.41. The first-order valence-electron chi connectivity index (χ1n) is 11.7. The van der Waals surface area contributed by atoms with Crippen LogP contribution in [0.3, 0.4) is 0 Å². The number of alkyl halides is 3. The molecule has 1 aliphatic rings. The van der Waals surface area contributed by atoms with Crippen molar-refractivity contribution in [2.45, 2.75) is 32.6 Å². The quantitative estimate of drug-likeness (QED) is 0.473. The molecule has 3 amide bonds. The SMILES string of the molecule is CC(=O)C1=C(C)N(c2cccc(C(F)(F)F)c2)C(=O)N(C)C1c1ccc(C#N)cc1C(=O)NCc1cn[nH]c1. The summed E-state index contributed by atoms with van der Waals surface area (Å²) in [6, 6.07) is 8.82. The number of anilines is 1. The third kappa shape index (κ3) is 5.24. The van der Waals surface area contributed by atoms with Crippen LogP contribution >= 0.6 is 0 Å². The zero-order valence-electron chi connectivity index (χ0n) is 21.1. The minimum absolute atomic E-state index is 0.0609. The number of H-pyrrole nitrogens is 1. The highest BCUT2D eigenvalue weighted by Gasteiger charge is 2.41. The van der Waals surface area contributed by atoms with Gasteiger partial charge in [0, 0.05) is 42.2 Å². The molecule has 12 heteroatoms. The molecule has 0 aliphatic carbocycles. The highest BCUT2D eigenvalue weighted by molar-refractivity contribution is 6.06. The van der Waals surface area contributed by atoms with Gasteiger partial charge in [-0.2, -0.15) is 23.5 Å². The number of hydrogen-bond donors (Lipinski definition) is 2. The number of likely N-dealkylation sites (N-methyl/N-ethyl adjacent to an activating group) is 1. The molecule has 4 rings (SSSR count). The van der Waals surface area contributed by atoms with E-state index in [4.69, 9.17) is 0 Å². The predicted molar refractivity (Wildman–Crippen MR) is 134 cm³/mol. The number of halogens is 3. The number of carbonyl (C=O) groups is 3. The summed E-state index contributed by atoms with van der Waals surface area (Å²) in [5.74, 6) is -0.993. The number of nitriles is 1. The molecule has 39 heavy (non-hydrogen) atoms. The van der Waals surface area contributed by atoms with Crippen LogP contribution in [0.5, 0.6) is 0 Å². The lowest BCUT2D eigenvalue weighted by Crippen LogP contribution is -2.49. The zero-order valence-corrected chi connectivity index (χ0v) is 21.1. The fourth-order valence-corrected chi connectivity index (χ4v) is 4.57. The maximum atomic E-state index is 13.6. The van der Waals surface area contributed by atoms with Crippen molar-refractivity contribution in [1.82, 2.24) is 20.4 Å². The number of amides is 3. The minimum atomic E-state index is -4.63. The largest absolute Gasteiger partial charge is 0.416 e. The normalized spacial score (nSPS) is 15.8. The Bertz CT molecular complexity index is 1520. The Morgan fingerprint density at radius 1 is 1.21 bits per heavy atom. The van der Waals surface area contributed by atoms with Gasteiger partial charge in [-0.05, 0) is 49.7 Å². The number of allylic oxidation sites excluding steroid dienone is 1. The van der Waals surface area contributed by atoms with Crippen molar-refractivity contribution in [2.24, 2.45) is 0 Å². The Kier molecular flexibility index (Phi) is 7.27. The number of rotatable bonds is 6. The number of nitrogens with zero attached hydrogens (tertiary/aromatic N) is 4. The second-order valence-corrected chi connectivity index (χ2v) is 8.94. The molecule has 0 saturated heterocycles. The van der Waals surface area contributed by atoms with E-state index in [1.165, 1.54) is 62.3 Å². The molecule has 1 aliphatic heterocycles. The first-order valence-corrected chi connectivity index (χ1v) is 11.7. The van der Waals surface area contributed by atoms with E-state index >= 15 is 0 Å². The van der Waals surface area contributed by atoms with Crippen LogP contribution in [-0.2, 0) is 17.5 Å². The molecule has 2 heterocycles. The summed E-state index contributed by atoms with van der Waals surface area (Å²) < 4.78 is 40.1. The Hall–Kier alpha value is -4.92. The lowest BCUT2D eigenvalue weighted by molar-refractivity contribution is -0.137. The molecule has 1 aromatic heterocycles. The molecule has 0 radical (unpaired) electrons. The summed E-state index contributed by atoms with van der Waals surface area (Å²) in [4.78, 5) is 42.1. The van der Waals surface area contributed by atoms with Crippen LogP contribution in [-0.4, -0.2) is 39.9 Å². The van der Waals surface area contributed by atoms with E-state index in [0.717, 1.165) is 17.0 Å². The smallest absolute Gasteiger partial charge is 0.348 e. The Morgan fingerprint density at radius 2 is 1.95 bits per heavy atom. The first-order chi connectivity index (χ1) is 18.4. The Labute approximate surface area is 221 Å². The van der Waals surface area contributed by atoms with E-state index in [0.29, 0.717) is 5.56 Å². The van der Waals surface area contributed by atoms with Crippen LogP contribution in [0.2, 0.25) is 0 Å². The fraction of sp³-hybridized carbons (Fsp3) is 0.222. The number of ketones is 1. The number of carbonyl (C=O) groups excluding carboxylic acids is 3. The van der Waals surface area contributed by atoms with Crippen molar-refractivity contribution < 1.29 is 27.6 Å². The molecule has 0 saturated carbocycles. The zero-order chi connectivity index (χ0) is 28.5. The van der Waals surface area contributed by atoms with Gasteiger partial charge in [-0.25, -0.2) is 4.79 Å². The fourth-order valence-electron chi connectivity index (χ4n) is 4.57. The van der Waals surface area contributed by atoms with E-state index in [1.54, 1.807) is 6.20 Å². The van der Waals surface area contributed by atoms with Crippen molar-refractivity contribution in [3.05, 3.63) is 93.9 Å². The molecular weight excluding hydrogens is 513 g/mol. The van der Waals surface area contributed by atoms with Crippen molar-refractivity contribution in [3.8, 4) is 6.07 Å². The summed E-state index contributed by atoms with van der Waals surface area (Å²) in [6.45, 7) is 2.88. The summed E-state index contributed by atoms with van der Waals surface area (Å²) in [7, 11) is 1.40. The van der Waals surface area contributed by atoms with Crippen molar-refractivity contribution in [2.75, 3.05) is 11.9 Å². The Balaban J connectivity index is 1.83. The van der Waals surface area contributed by atoms with Gasteiger partial charge < -0.3 is 10.2 Å². The monoisotopic (exact) mass is 536 g/mol. The van der Waals surface area contributed by atoms with Crippen molar-refractivity contribution >= 4 is 23.4 Å². The third-order valence-corrected chi connectivity index (χ3v) is 6.42. The maximum absolute atomic E-state index is 13.6. The summed E-state index contributed by atoms with van der Waals surface area (Å²) >= 11 is 0. The molecule has 0 fully saturated rings. The van der Waals surface area contributed by atoms with Gasteiger partial charge in [-0.15, -0.1) is 0 Å². The minimum Gasteiger partial charge on any atom is -0.348 e. The molecular formula is C27H23F3N6O3. The van der Waals surface area contributed by atoms with Gasteiger partial charge in [0.2, 0.25) is 0 Å². The van der Waals surface area contributed by atoms with E-state index in [2.05, 4.69) is 15.5 Å². The molecule has 0 spiro atoms. The topological polar surface area (TPSA) is 122 Å². The average molecular weight is 537 g/mol. The lowest BCUT2D eigenvalue weighted by Gasteiger charge is -2.41. The van der Waals surface area contributed by atoms with E-state index in [1.807, 2.05) is 6.07 Å². The van der Waals surface area contributed by atoms with Gasteiger partial charge in [0.15, 0.2) is 5.78 Å². The molecule has 2 aromatic carbocycles. The van der Waals surface area contributed by atoms with Gasteiger partial charge in [0.25, 0.3) is 5.91 Å². The average Bonchev–Trinajstić information content (AvgIpc) is 3.42. The third-order valence-electron chi connectivity index (χ3n) is 6.42. The summed E-state index contributed by atoms with van der Waals surface area (Å²) in [6.07, 6.45) is -1.50. The Morgan fingerprint density at radius 3 is 2.56 bits per heavy atom. The van der Waals surface area contributed by atoms with Crippen LogP contribution < -0.4 is 10.2 Å². The molecule has 1 atom stereocenters. The second kappa shape index (κ2) is 10.4. The summed E-state index contributed by atoms with van der Waals surface area (Å²) in [5, 5.41) is 18.6. The number of aromatic nitrogens is 2. The van der Waals surface area contributed by atoms with E-state index in [9.17, 15) is 32.8 Å². The van der Waals surface area contributed by atoms with Gasteiger partial charge in [-0.1, -0.05) is 12.1 Å². The van der Waals surface area contributed by atoms with E-state index in [-0.39, 0.29) is 40.2 Å². The second-order valence-electron chi connectivity index (χ2n) is 8.94. The van der Waals surface area contributed by atoms with Gasteiger partial charge in [-0.3, -0.25) is 19.6 Å². The van der Waals surface area contributed by atoms with Crippen LogP contribution in [0, 0.1) is 11.3 Å². The highest BCUT2D eigenvalue weighted by atomic mass is 19.4. The molecule has 3 aromatic rings. The number of urea groups is 1. The van der Waals surface area contributed by atoms with Crippen LogP contribution in [0.4, 0.5) is 23.7 Å². The van der Waals surface area contributed by atoms with Crippen LogP contribution in [0.25, 0.3) is 0 Å². The van der Waals surface area contributed by atoms with Gasteiger partial charge >= 0.3 is 12.2 Å². The summed E-state index contributed by atoms with van der Waals surface area (Å²) in [5.41, 5.74) is 0.472. The van der Waals surface area contributed by atoms with E-state index < -0.39 is 35.5 Å². The van der Waals surface area contributed by atoms with Crippen LogP contribution in [0.15, 0.2) is 66.1 Å². The first kappa shape index (κ1) is 27.1. The predicted octanol–water partition coefficient (Wildman–Crippen LogP) is 4.71. The van der Waals surface area contributed by atoms with Gasteiger partial charge in [0.05, 0.1) is 35.1 Å². The molecule has 0 bridgehead atoms. The van der Waals surface area contributed by atoms with Crippen molar-refractivity contribution in [1.29, 1.82) is 5.26 Å². The molecule has 1 unspecified atom stereocenters.